The second kappa shape index (κ2) is 6.85. The standard InChI is InChI=1S/C18H13BrFN7OS/c1-26-14-11(15-17(26)24-13(29-15)6-9-4-5-21-25-9)7-22-27(18(14)28)8-10-2-3-12(20)16(19)23-10/h2-5,7H,6,8H2,1H3,(H,21,25). The van der Waals surface area contributed by atoms with Crippen molar-refractivity contribution >= 4 is 48.5 Å². The van der Waals surface area contributed by atoms with E-state index >= 15 is 0 Å². The van der Waals surface area contributed by atoms with Crippen LogP contribution in [0.25, 0.3) is 21.3 Å². The van der Waals surface area contributed by atoms with E-state index in [1.807, 2.05) is 13.1 Å². The van der Waals surface area contributed by atoms with E-state index in [9.17, 15) is 9.18 Å². The summed E-state index contributed by atoms with van der Waals surface area (Å²) in [6, 6.07) is 4.75. The van der Waals surface area contributed by atoms with Crippen molar-refractivity contribution in [1.29, 1.82) is 0 Å². The second-order valence-electron chi connectivity index (χ2n) is 6.51. The Labute approximate surface area is 175 Å². The maximum absolute atomic E-state index is 13.4. The van der Waals surface area contributed by atoms with Crippen LogP contribution in [0.3, 0.4) is 0 Å². The average molecular weight is 474 g/mol. The molecular formula is C18H13BrFN7OS. The van der Waals surface area contributed by atoms with Gasteiger partial charge in [0.05, 0.1) is 28.8 Å². The molecule has 0 fully saturated rings. The maximum atomic E-state index is 13.4. The summed E-state index contributed by atoms with van der Waals surface area (Å²) in [5.41, 5.74) is 2.47. The van der Waals surface area contributed by atoms with E-state index in [1.165, 1.54) is 28.2 Å². The molecule has 0 aliphatic rings. The number of fused-ring (bicyclic) bond motifs is 3. The number of aromatic amines is 1. The van der Waals surface area contributed by atoms with Gasteiger partial charge in [-0.25, -0.2) is 19.0 Å². The van der Waals surface area contributed by atoms with Gasteiger partial charge in [-0.1, -0.05) is 0 Å². The lowest BCUT2D eigenvalue weighted by molar-refractivity contribution is 0.597. The molecule has 1 N–H and O–H groups in total. The van der Waals surface area contributed by atoms with E-state index < -0.39 is 5.82 Å². The van der Waals surface area contributed by atoms with E-state index in [-0.39, 0.29) is 16.7 Å². The highest BCUT2D eigenvalue weighted by molar-refractivity contribution is 9.10. The fourth-order valence-corrected chi connectivity index (χ4v) is 4.74. The Hall–Kier alpha value is -2.92. The summed E-state index contributed by atoms with van der Waals surface area (Å²) in [5.74, 6) is -0.455. The molecule has 146 valence electrons. The van der Waals surface area contributed by atoms with Gasteiger partial charge in [-0.15, -0.1) is 11.3 Å². The molecule has 0 aliphatic heterocycles. The molecule has 0 aliphatic carbocycles. The summed E-state index contributed by atoms with van der Waals surface area (Å²) in [6.45, 7) is 0.143. The highest BCUT2D eigenvalue weighted by Gasteiger charge is 2.19. The quantitative estimate of drug-likeness (QED) is 0.405. The number of aryl methyl sites for hydroxylation is 1. The molecule has 0 amide bonds. The molecule has 0 radical (unpaired) electrons. The molecular weight excluding hydrogens is 461 g/mol. The SMILES string of the molecule is Cn1c2nc(Cc3cc[nH]n3)sc2c2cnn(Cc3ccc(F)c(Br)n3)c(=O)c21. The first-order valence-electron chi connectivity index (χ1n) is 8.65. The summed E-state index contributed by atoms with van der Waals surface area (Å²) in [4.78, 5) is 21.8. The van der Waals surface area contributed by atoms with E-state index in [1.54, 1.807) is 17.0 Å². The van der Waals surface area contributed by atoms with Crippen LogP contribution in [0.5, 0.6) is 0 Å². The predicted molar refractivity (Wildman–Crippen MR) is 111 cm³/mol. The molecule has 0 saturated carbocycles. The Balaban J connectivity index is 1.57. The minimum atomic E-state index is -0.455. The van der Waals surface area contributed by atoms with Gasteiger partial charge >= 0.3 is 0 Å². The smallest absolute Gasteiger partial charge is 0.291 e. The van der Waals surface area contributed by atoms with Gasteiger partial charge in [-0.05, 0) is 34.1 Å². The van der Waals surface area contributed by atoms with Crippen LogP contribution in [-0.2, 0) is 20.0 Å². The van der Waals surface area contributed by atoms with E-state index in [0.29, 0.717) is 17.6 Å². The van der Waals surface area contributed by atoms with Crippen molar-refractivity contribution in [3.05, 3.63) is 67.8 Å². The van der Waals surface area contributed by atoms with Crippen molar-refractivity contribution in [2.45, 2.75) is 13.0 Å². The lowest BCUT2D eigenvalue weighted by atomic mass is 10.3. The minimum absolute atomic E-state index is 0.108. The van der Waals surface area contributed by atoms with Crippen molar-refractivity contribution in [1.82, 2.24) is 34.5 Å². The zero-order chi connectivity index (χ0) is 20.1. The van der Waals surface area contributed by atoms with Crippen molar-refractivity contribution in [2.24, 2.45) is 7.05 Å². The number of hydrogen-bond acceptors (Lipinski definition) is 6. The maximum Gasteiger partial charge on any atom is 0.291 e. The van der Waals surface area contributed by atoms with Crippen molar-refractivity contribution in [3.63, 3.8) is 0 Å². The van der Waals surface area contributed by atoms with E-state index in [2.05, 4.69) is 36.2 Å². The predicted octanol–water partition coefficient (Wildman–Crippen LogP) is 3.00. The zero-order valence-corrected chi connectivity index (χ0v) is 17.5. The Morgan fingerprint density at radius 1 is 1.24 bits per heavy atom. The highest BCUT2D eigenvalue weighted by Crippen LogP contribution is 2.31. The van der Waals surface area contributed by atoms with Gasteiger partial charge in [0, 0.05) is 25.1 Å². The molecule has 5 aromatic rings. The lowest BCUT2D eigenvalue weighted by Gasteiger charge is -2.06. The van der Waals surface area contributed by atoms with E-state index in [4.69, 9.17) is 4.98 Å². The number of thiazole rings is 1. The van der Waals surface area contributed by atoms with E-state index in [0.717, 1.165) is 26.4 Å². The molecule has 5 rings (SSSR count). The number of H-pyrrole nitrogens is 1. The molecule has 0 saturated heterocycles. The Bertz CT molecular complexity index is 1420. The van der Waals surface area contributed by atoms with Gasteiger partial charge in [0.15, 0.2) is 11.5 Å². The molecule has 5 heterocycles. The summed E-state index contributed by atoms with van der Waals surface area (Å²) in [6.07, 6.45) is 4.08. The fraction of sp³-hybridized carbons (Fsp3) is 0.167. The third kappa shape index (κ3) is 3.06. The Morgan fingerprint density at radius 2 is 2.10 bits per heavy atom. The molecule has 0 aromatic carbocycles. The van der Waals surface area contributed by atoms with Gasteiger partial charge in [0.1, 0.15) is 15.1 Å². The first-order chi connectivity index (χ1) is 14.0. The van der Waals surface area contributed by atoms with Gasteiger partial charge in [-0.2, -0.15) is 10.2 Å². The van der Waals surface area contributed by atoms with Crippen LogP contribution >= 0.6 is 27.3 Å². The average Bonchev–Trinajstić information content (AvgIpc) is 3.40. The van der Waals surface area contributed by atoms with Gasteiger partial charge in [-0.3, -0.25) is 9.89 Å². The van der Waals surface area contributed by atoms with Gasteiger partial charge < -0.3 is 4.57 Å². The molecule has 29 heavy (non-hydrogen) atoms. The van der Waals surface area contributed by atoms with Crippen molar-refractivity contribution < 1.29 is 4.39 Å². The summed E-state index contributed by atoms with van der Waals surface area (Å²) in [7, 11) is 1.82. The molecule has 0 bridgehead atoms. The van der Waals surface area contributed by atoms with Crippen LogP contribution in [0.4, 0.5) is 4.39 Å². The molecule has 0 atom stereocenters. The number of hydrogen-bond donors (Lipinski definition) is 1. The third-order valence-corrected chi connectivity index (χ3v) is 6.27. The fourth-order valence-electron chi connectivity index (χ4n) is 3.26. The largest absolute Gasteiger partial charge is 0.323 e. The number of rotatable bonds is 4. The number of nitrogens with one attached hydrogen (secondary N) is 1. The third-order valence-electron chi connectivity index (χ3n) is 4.63. The van der Waals surface area contributed by atoms with Crippen LogP contribution in [-0.4, -0.2) is 34.5 Å². The number of nitrogens with zero attached hydrogens (tertiary/aromatic N) is 6. The molecule has 11 heteroatoms. The summed E-state index contributed by atoms with van der Waals surface area (Å²) < 4.78 is 17.6. The van der Waals surface area contributed by atoms with Gasteiger partial charge in [0.2, 0.25) is 0 Å². The normalized spacial score (nSPS) is 11.7. The molecule has 0 spiro atoms. The van der Waals surface area contributed by atoms with Crippen LogP contribution in [0.15, 0.2) is 40.0 Å². The number of halogens is 2. The number of aromatic nitrogens is 7. The molecule has 5 aromatic heterocycles. The highest BCUT2D eigenvalue weighted by atomic mass is 79.9. The van der Waals surface area contributed by atoms with Crippen LogP contribution in [0, 0.1) is 5.82 Å². The number of pyridine rings is 1. The zero-order valence-electron chi connectivity index (χ0n) is 15.1. The lowest BCUT2D eigenvalue weighted by Crippen LogP contribution is -2.25. The first kappa shape index (κ1) is 18.1. The minimum Gasteiger partial charge on any atom is -0.323 e. The van der Waals surface area contributed by atoms with Crippen molar-refractivity contribution in [2.75, 3.05) is 0 Å². The topological polar surface area (TPSA) is 94.3 Å². The first-order valence-corrected chi connectivity index (χ1v) is 10.3. The summed E-state index contributed by atoms with van der Waals surface area (Å²) in [5, 5.41) is 13.0. The Kier molecular flexibility index (Phi) is 4.28. The van der Waals surface area contributed by atoms with Crippen LogP contribution < -0.4 is 5.56 Å². The Morgan fingerprint density at radius 3 is 2.86 bits per heavy atom. The molecule has 0 unspecified atom stereocenters. The summed E-state index contributed by atoms with van der Waals surface area (Å²) >= 11 is 4.60. The van der Waals surface area contributed by atoms with Gasteiger partial charge in [0.25, 0.3) is 5.56 Å². The second-order valence-corrected chi connectivity index (χ2v) is 8.34. The monoisotopic (exact) mass is 473 g/mol. The van der Waals surface area contributed by atoms with Crippen molar-refractivity contribution in [3.8, 4) is 0 Å². The van der Waals surface area contributed by atoms with Crippen LogP contribution in [0.2, 0.25) is 0 Å². The molecule has 8 nitrogen and oxygen atoms in total. The van der Waals surface area contributed by atoms with Crippen LogP contribution in [0.1, 0.15) is 16.4 Å².